The molecule has 104 valence electrons. The zero-order valence-corrected chi connectivity index (χ0v) is 10.9. The van der Waals surface area contributed by atoms with Gasteiger partial charge in [-0.1, -0.05) is 6.07 Å². The third-order valence-corrected chi connectivity index (χ3v) is 2.95. The van der Waals surface area contributed by atoms with E-state index < -0.39 is 4.92 Å². The molecule has 0 saturated heterocycles. The Morgan fingerprint density at radius 1 is 1.14 bits per heavy atom. The fourth-order valence-electron chi connectivity index (χ4n) is 1.95. The summed E-state index contributed by atoms with van der Waals surface area (Å²) in [5.74, 6) is 0.123. The quantitative estimate of drug-likeness (QED) is 0.450. The van der Waals surface area contributed by atoms with E-state index in [0.29, 0.717) is 11.4 Å². The van der Waals surface area contributed by atoms with Crippen LogP contribution in [0.4, 0.5) is 11.6 Å². The number of pyridine rings is 1. The predicted molar refractivity (Wildman–Crippen MR) is 80.4 cm³/mol. The van der Waals surface area contributed by atoms with Crippen molar-refractivity contribution < 1.29 is 9.34 Å². The number of fused-ring (bicyclic) bond motifs is 1. The maximum atomic E-state index is 10.5. The summed E-state index contributed by atoms with van der Waals surface area (Å²) in [6.07, 6.45) is 3.37. The number of benzene rings is 1. The van der Waals surface area contributed by atoms with Gasteiger partial charge >= 0.3 is 5.88 Å². The number of aromatic nitrogens is 1. The molecule has 0 radical (unpaired) electrons. The molecule has 0 atom stereocenters. The van der Waals surface area contributed by atoms with Crippen molar-refractivity contribution in [2.45, 2.75) is 0 Å². The number of furan rings is 1. The van der Waals surface area contributed by atoms with E-state index in [1.807, 2.05) is 24.3 Å². The van der Waals surface area contributed by atoms with Gasteiger partial charge in [-0.3, -0.25) is 10.1 Å². The average molecular weight is 281 g/mol. The summed E-state index contributed by atoms with van der Waals surface area (Å²) >= 11 is 0. The van der Waals surface area contributed by atoms with Crippen molar-refractivity contribution in [1.29, 1.82) is 0 Å². The fourth-order valence-corrected chi connectivity index (χ4v) is 1.95. The summed E-state index contributed by atoms with van der Waals surface area (Å²) in [7, 11) is 0. The normalized spacial score (nSPS) is 11.2. The monoisotopic (exact) mass is 281 g/mol. The average Bonchev–Trinajstić information content (AvgIpc) is 2.94. The summed E-state index contributed by atoms with van der Waals surface area (Å²) < 4.78 is 5.04. The molecule has 0 aliphatic rings. The molecule has 0 aliphatic heterocycles. The lowest BCUT2D eigenvalue weighted by molar-refractivity contribution is -0.402. The van der Waals surface area contributed by atoms with E-state index in [0.717, 1.165) is 16.6 Å². The second kappa shape index (κ2) is 5.09. The second-order valence-corrected chi connectivity index (χ2v) is 4.45. The van der Waals surface area contributed by atoms with Crippen molar-refractivity contribution >= 4 is 34.6 Å². The first-order valence-corrected chi connectivity index (χ1v) is 6.20. The minimum absolute atomic E-state index is 0.281. The molecule has 0 unspecified atom stereocenters. The molecule has 0 amide bonds. The molecule has 0 fully saturated rings. The Morgan fingerprint density at radius 2 is 2.00 bits per heavy atom. The van der Waals surface area contributed by atoms with Gasteiger partial charge in [0.05, 0.1) is 17.3 Å². The smallest absolute Gasteiger partial charge is 0.401 e. The summed E-state index contributed by atoms with van der Waals surface area (Å²) in [6.45, 7) is 0. The van der Waals surface area contributed by atoms with Crippen LogP contribution in [0.2, 0.25) is 0 Å². The molecular formula is C15H11N3O3. The van der Waals surface area contributed by atoms with Gasteiger partial charge in [-0.15, -0.1) is 0 Å². The first-order valence-electron chi connectivity index (χ1n) is 6.20. The molecule has 3 rings (SSSR count). The highest BCUT2D eigenvalue weighted by molar-refractivity contribution is 5.83. The third kappa shape index (κ3) is 2.74. The summed E-state index contributed by atoms with van der Waals surface area (Å²) in [5, 5.41) is 11.5. The lowest BCUT2D eigenvalue weighted by Gasteiger charge is -2.00. The zero-order valence-electron chi connectivity index (χ0n) is 10.9. The molecular weight excluding hydrogens is 270 g/mol. The number of hydrogen-bond acceptors (Lipinski definition) is 5. The van der Waals surface area contributed by atoms with Crippen LogP contribution in [0, 0.1) is 10.1 Å². The zero-order chi connectivity index (χ0) is 14.8. The van der Waals surface area contributed by atoms with Crippen molar-refractivity contribution in [2.75, 3.05) is 5.73 Å². The summed E-state index contributed by atoms with van der Waals surface area (Å²) in [4.78, 5) is 14.4. The van der Waals surface area contributed by atoms with Crippen LogP contribution >= 0.6 is 0 Å². The topological polar surface area (TPSA) is 95.2 Å². The van der Waals surface area contributed by atoms with Gasteiger partial charge in [-0.2, -0.15) is 0 Å². The van der Waals surface area contributed by atoms with E-state index in [1.54, 1.807) is 18.2 Å². The lowest BCUT2D eigenvalue weighted by atomic mass is 10.2. The standard InChI is InChI=1S/C15H11N3O3/c16-11-2-7-14-10(9-11)1-3-12(17-14)4-5-13-6-8-15(21-13)18(19)20/h1-9H,16H2. The molecule has 6 heteroatoms. The Bertz CT molecular complexity index is 852. The second-order valence-electron chi connectivity index (χ2n) is 4.45. The highest BCUT2D eigenvalue weighted by Gasteiger charge is 2.09. The van der Waals surface area contributed by atoms with Crippen molar-refractivity contribution in [3.05, 3.63) is 64.0 Å². The van der Waals surface area contributed by atoms with Crippen LogP contribution in [0.25, 0.3) is 23.1 Å². The minimum atomic E-state index is -0.573. The van der Waals surface area contributed by atoms with Gasteiger partial charge in [0, 0.05) is 11.1 Å². The molecule has 21 heavy (non-hydrogen) atoms. The molecule has 0 bridgehead atoms. The van der Waals surface area contributed by atoms with Crippen molar-refractivity contribution in [2.24, 2.45) is 0 Å². The Balaban J connectivity index is 1.88. The largest absolute Gasteiger partial charge is 0.433 e. The molecule has 3 aromatic rings. The Labute approximate surface area is 119 Å². The molecule has 6 nitrogen and oxygen atoms in total. The Morgan fingerprint density at radius 3 is 2.76 bits per heavy atom. The van der Waals surface area contributed by atoms with Crippen LogP contribution in [0.15, 0.2) is 46.9 Å². The van der Waals surface area contributed by atoms with Gasteiger partial charge in [0.25, 0.3) is 0 Å². The number of nitrogens with zero attached hydrogens (tertiary/aromatic N) is 2. The molecule has 2 heterocycles. The van der Waals surface area contributed by atoms with Gasteiger partial charge in [0.2, 0.25) is 0 Å². The first-order chi connectivity index (χ1) is 10.1. The van der Waals surface area contributed by atoms with Crippen molar-refractivity contribution in [3.8, 4) is 0 Å². The van der Waals surface area contributed by atoms with Crippen molar-refractivity contribution in [1.82, 2.24) is 4.98 Å². The van der Waals surface area contributed by atoms with Crippen molar-refractivity contribution in [3.63, 3.8) is 0 Å². The number of nitrogens with two attached hydrogens (primary N) is 1. The van der Waals surface area contributed by atoms with Crippen LogP contribution in [-0.4, -0.2) is 9.91 Å². The number of nitrogen functional groups attached to an aromatic ring is 1. The van der Waals surface area contributed by atoms with Gasteiger partial charge < -0.3 is 10.2 Å². The number of rotatable bonds is 3. The van der Waals surface area contributed by atoms with E-state index in [4.69, 9.17) is 10.2 Å². The number of nitro groups is 1. The van der Waals surface area contributed by atoms with Gasteiger partial charge in [0.15, 0.2) is 0 Å². The van der Waals surface area contributed by atoms with Crippen LogP contribution in [0.1, 0.15) is 11.5 Å². The first kappa shape index (κ1) is 12.9. The SMILES string of the molecule is Nc1ccc2nc(C=Cc3ccc([N+](=O)[O-])o3)ccc2c1. The highest BCUT2D eigenvalue weighted by atomic mass is 16.6. The van der Waals surface area contributed by atoms with Crippen LogP contribution in [-0.2, 0) is 0 Å². The molecule has 0 aliphatic carbocycles. The van der Waals surface area contributed by atoms with Gasteiger partial charge in [0.1, 0.15) is 10.7 Å². The lowest BCUT2D eigenvalue weighted by Crippen LogP contribution is -1.87. The van der Waals surface area contributed by atoms with Gasteiger partial charge in [-0.05, 0) is 42.5 Å². The fraction of sp³-hybridized carbons (Fsp3) is 0. The van der Waals surface area contributed by atoms with Crippen LogP contribution < -0.4 is 5.73 Å². The Kier molecular flexibility index (Phi) is 3.12. The van der Waals surface area contributed by atoms with E-state index >= 15 is 0 Å². The van der Waals surface area contributed by atoms with E-state index in [1.165, 1.54) is 12.1 Å². The molecule has 1 aromatic carbocycles. The number of hydrogen-bond donors (Lipinski definition) is 1. The number of anilines is 1. The maximum Gasteiger partial charge on any atom is 0.433 e. The molecule has 2 aromatic heterocycles. The summed E-state index contributed by atoms with van der Waals surface area (Å²) in [5.41, 5.74) is 7.96. The highest BCUT2D eigenvalue weighted by Crippen LogP contribution is 2.19. The molecule has 0 spiro atoms. The van der Waals surface area contributed by atoms with E-state index in [9.17, 15) is 10.1 Å². The van der Waals surface area contributed by atoms with E-state index in [-0.39, 0.29) is 5.88 Å². The predicted octanol–water partition coefficient (Wildman–Crippen LogP) is 3.49. The maximum absolute atomic E-state index is 10.5. The Hall–Kier alpha value is -3.15. The minimum Gasteiger partial charge on any atom is -0.401 e. The van der Waals surface area contributed by atoms with Gasteiger partial charge in [-0.25, -0.2) is 4.98 Å². The van der Waals surface area contributed by atoms with Crippen LogP contribution in [0.5, 0.6) is 0 Å². The van der Waals surface area contributed by atoms with Crippen LogP contribution in [0.3, 0.4) is 0 Å². The summed E-state index contributed by atoms with van der Waals surface area (Å²) in [6, 6.07) is 12.1. The van der Waals surface area contributed by atoms with E-state index in [2.05, 4.69) is 4.98 Å². The molecule has 0 saturated carbocycles. The third-order valence-electron chi connectivity index (χ3n) is 2.95. The molecule has 2 N–H and O–H groups in total.